The summed E-state index contributed by atoms with van der Waals surface area (Å²) in [4.78, 5) is 73.1. The number of β-amino-alcohol motifs (C(OH)–C–C–N with tert-alkyl or cyclic N) is 3. The van der Waals surface area contributed by atoms with Gasteiger partial charge in [-0.3, -0.25) is 19.3 Å². The van der Waals surface area contributed by atoms with Crippen molar-refractivity contribution in [2.45, 2.75) is 192 Å². The lowest BCUT2D eigenvalue weighted by molar-refractivity contribution is -0.141. The Morgan fingerprint density at radius 2 is 0.704 bits per heavy atom. The van der Waals surface area contributed by atoms with Crippen LogP contribution in [0, 0.1) is 5.92 Å². The highest BCUT2D eigenvalue weighted by Gasteiger charge is 2.41. The van der Waals surface area contributed by atoms with E-state index in [1.54, 1.807) is 4.90 Å². The van der Waals surface area contributed by atoms with Crippen LogP contribution in [0.2, 0.25) is 6.82 Å². The van der Waals surface area contributed by atoms with Gasteiger partial charge in [0.25, 0.3) is 12.9 Å². The number of fused-ring (bicyclic) bond motifs is 12. The third-order valence-corrected chi connectivity index (χ3v) is 22.7. The normalized spacial score (nSPS) is 21.9. The van der Waals surface area contributed by atoms with Crippen molar-refractivity contribution in [3.8, 4) is 44.5 Å². The molecule has 5 fully saturated rings. The molecule has 10 atom stereocenters. The molecule has 21 nitrogen and oxygen atoms in total. The van der Waals surface area contributed by atoms with E-state index in [9.17, 15) is 49.2 Å². The van der Waals surface area contributed by atoms with Crippen LogP contribution in [0.1, 0.15) is 177 Å². The van der Waals surface area contributed by atoms with Crippen molar-refractivity contribution in [1.82, 2.24) is 14.7 Å². The summed E-state index contributed by atoms with van der Waals surface area (Å²) < 4.78 is 43.0. The van der Waals surface area contributed by atoms with Gasteiger partial charge in [-0.1, -0.05) is 236 Å². The van der Waals surface area contributed by atoms with Gasteiger partial charge in [-0.05, 0) is 146 Å². The third-order valence-electron chi connectivity index (χ3n) is 22.7. The zero-order valence-corrected chi connectivity index (χ0v) is 66.6. The maximum absolute atomic E-state index is 12.5. The maximum atomic E-state index is 12.5. The van der Waals surface area contributed by atoms with Crippen molar-refractivity contribution in [2.75, 3.05) is 52.7 Å². The summed E-state index contributed by atoms with van der Waals surface area (Å²) in [6.07, 6.45) is 4.65. The molecule has 17 rings (SSSR count). The van der Waals surface area contributed by atoms with E-state index in [1.807, 2.05) is 116 Å². The van der Waals surface area contributed by atoms with E-state index in [2.05, 4.69) is 104 Å². The highest BCUT2D eigenvalue weighted by molar-refractivity contribution is 6.05. The number of hydrogen-bond acceptors (Lipinski definition) is 18. The van der Waals surface area contributed by atoms with Crippen molar-refractivity contribution >= 4 is 45.0 Å². The van der Waals surface area contributed by atoms with Gasteiger partial charge in [0, 0.05) is 52.2 Å². The molecule has 9 aliphatic rings. The molecule has 0 spiro atoms. The van der Waals surface area contributed by atoms with Crippen LogP contribution in [-0.4, -0.2) is 198 Å². The predicted octanol–water partition coefficient (Wildman–Crippen LogP) is 15.1. The number of aliphatic hydroxyl groups excluding tert-OH is 6. The van der Waals surface area contributed by atoms with Crippen LogP contribution in [-0.2, 0) is 42.8 Å². The first-order chi connectivity index (χ1) is 57.0. The molecule has 115 heavy (non-hydrogen) atoms. The molecule has 6 aliphatic carbocycles. The van der Waals surface area contributed by atoms with E-state index in [4.69, 9.17) is 36.6 Å². The monoisotopic (exact) mass is 1570 g/mol. The summed E-state index contributed by atoms with van der Waals surface area (Å²) in [7, 11) is 7.00. The Bertz CT molecular complexity index is 4200. The zero-order chi connectivity index (χ0) is 84.1. The number of benzene rings is 8. The van der Waals surface area contributed by atoms with E-state index >= 15 is 0 Å². The molecule has 8 aromatic carbocycles. The molecule has 8 aromatic rings. The number of ether oxygens (including phenoxy) is 6. The predicted molar refractivity (Wildman–Crippen MR) is 443 cm³/mol. The van der Waals surface area contributed by atoms with Gasteiger partial charge in [-0.15, -0.1) is 0 Å². The van der Waals surface area contributed by atoms with Gasteiger partial charge >= 0.3 is 24.2 Å². The summed E-state index contributed by atoms with van der Waals surface area (Å²) in [5, 5.41) is 56.7. The number of carbonyl (C=O) groups excluding carboxylic acids is 6. The van der Waals surface area contributed by atoms with Gasteiger partial charge in [0.15, 0.2) is 6.23 Å². The highest BCUT2D eigenvalue weighted by atomic mass is 16.6. The van der Waals surface area contributed by atoms with Gasteiger partial charge in [0.05, 0.1) is 70.6 Å². The number of aliphatic hydroxyl groups is 6. The molecule has 0 aromatic heterocycles. The van der Waals surface area contributed by atoms with Gasteiger partial charge in [0.1, 0.15) is 32.5 Å². The standard InChI is InChI=1S/C21H23NO3.C20H19NO5.C20H21NO4.C16H14O2.C7H14O.C6H10O3.CH3B.2CH4/c1-2-14-11-15(23)12-22(14)21(24)25-13-20-18-9-5-3-7-16(18)17-8-4-6-10-19(17)20;22-12-26-19-9-13(23)10-21(19)20(24)25-11-18-16-7-3-1-5-14(16)15-6-2-4-8-17(15)18;22-11-13-9-14(23)10-21(13)20(24)25-12-19-17-7-3-1-5-15(17)16-6-2-4-8-18(16)19;1-11(17)18-10-16-14-8-4-2-6-12(14)13-7-3-5-9-15(13)16;1-2-6-3-4-7(8)5-6;7-4-9-6-2-1-5(8)3-6;1-2;;/h3-10,14-15,20,23H,2,11-13H2,1H3;1-8,12-13,18-19,23H,9-11H2;1-8,13-14,19,22-23H,9-12H2;2-9,16H,10H2,1H3;6-8H,2-5H2,1H3;4-6,8H,1-3H2;1H3;2*1H4/t14-,15-;13-,19-;13-,14+;;6-,7-;5-,6-;;;/m110.00.../s1/i;;;;;;;1T;1D. The van der Waals surface area contributed by atoms with Crippen molar-refractivity contribution in [2.24, 2.45) is 5.92 Å². The Morgan fingerprint density at radius 3 is 0.991 bits per heavy atom. The minimum atomic E-state index is -0.779. The third kappa shape index (κ3) is 21.5. The number of carbonyl (C=O) groups is 6. The topological polar surface area (TPSA) is 289 Å². The van der Waals surface area contributed by atoms with Gasteiger partial charge in [-0.25, -0.2) is 14.4 Å². The second kappa shape index (κ2) is 43.0. The zero-order valence-electron chi connectivity index (χ0n) is 68.6. The molecule has 3 aliphatic heterocycles. The van der Waals surface area contributed by atoms with E-state index in [0.717, 1.165) is 71.4 Å². The summed E-state index contributed by atoms with van der Waals surface area (Å²) in [5.74, 6) is 0.813. The summed E-state index contributed by atoms with van der Waals surface area (Å²) in [6, 6.07) is 65.5. The maximum Gasteiger partial charge on any atom is 0.412 e. The van der Waals surface area contributed by atoms with Crippen LogP contribution in [0.5, 0.6) is 0 Å². The Labute approximate surface area is 680 Å². The summed E-state index contributed by atoms with van der Waals surface area (Å²) in [6.45, 7) is 9.61. The lowest BCUT2D eigenvalue weighted by Crippen LogP contribution is -2.38. The largest absolute Gasteiger partial charge is 0.465 e. The molecular weight excluding hydrogens is 1460 g/mol. The second-order valence-electron chi connectivity index (χ2n) is 29.7. The van der Waals surface area contributed by atoms with Gasteiger partial charge in [0.2, 0.25) is 0 Å². The average molecular weight is 1570 g/mol. The first kappa shape index (κ1) is 85.7. The Hall–Kier alpha value is -10.2. The fourth-order valence-electron chi connectivity index (χ4n) is 17.2. The fraction of sp³-hybridized carbons (Fsp3) is 0.419. The first-order valence-electron chi connectivity index (χ1n) is 41.4. The molecule has 2 saturated carbocycles. The highest BCUT2D eigenvalue weighted by Crippen LogP contribution is 2.49. The van der Waals surface area contributed by atoms with Crippen LogP contribution in [0.25, 0.3) is 44.5 Å². The molecule has 0 unspecified atom stereocenters. The minimum Gasteiger partial charge on any atom is -0.465 e. The minimum absolute atomic E-state index is 0.0106. The van der Waals surface area contributed by atoms with Crippen molar-refractivity contribution < 1.29 is 90.6 Å². The SMILES string of the molecule is CC(=O)OCC1c2ccccc2-c2ccccc21.CC[C@@H]1C[C@@H](O)CN1C(=O)OCC1c2ccccc2-c2ccccc21.CC[C@H]1CC[C@H](O)C1.O=C(OCC1c2ccccc2-c2ccccc21)N1C[C@H](O)C[C@H]1CO.O=CO[C@@H]1C[C@@H](O)CN1C(=O)OCC1c2ccccc2-c2ccccc21.O=CO[C@H]1CC[C@H](O)C1.[2H]C.[3H]C.[B]C. The summed E-state index contributed by atoms with van der Waals surface area (Å²) in [5.41, 5.74) is 19.1. The first-order valence-corrected chi connectivity index (χ1v) is 39.4. The number of nitrogens with zero attached hydrogens (tertiary/aromatic N) is 3. The molecule has 0 bridgehead atoms. The quantitative estimate of drug-likeness (QED) is 0.0241. The fourth-order valence-corrected chi connectivity index (χ4v) is 17.2. The van der Waals surface area contributed by atoms with E-state index in [1.165, 1.54) is 107 Å². The molecular formula is C93H112BN3O18. The Morgan fingerprint density at radius 1 is 0.409 bits per heavy atom. The Balaban J connectivity index is 0.000000164. The number of hydrogen-bond donors (Lipinski definition) is 6. The number of rotatable bonds is 15. The molecule has 3 heterocycles. The van der Waals surface area contributed by atoms with Crippen molar-refractivity contribution in [1.29, 1.82) is 0 Å². The Kier molecular flexibility index (Phi) is 32.0. The van der Waals surface area contributed by atoms with E-state index in [-0.39, 0.29) is 112 Å². The van der Waals surface area contributed by atoms with E-state index < -0.39 is 36.7 Å². The van der Waals surface area contributed by atoms with Crippen molar-refractivity contribution in [3.63, 3.8) is 0 Å². The summed E-state index contributed by atoms with van der Waals surface area (Å²) >= 11 is 0. The van der Waals surface area contributed by atoms with Crippen LogP contribution in [0.15, 0.2) is 194 Å². The van der Waals surface area contributed by atoms with Crippen LogP contribution in [0.4, 0.5) is 14.4 Å². The lowest BCUT2D eigenvalue weighted by Gasteiger charge is -2.24. The van der Waals surface area contributed by atoms with Crippen LogP contribution >= 0.6 is 0 Å². The lowest BCUT2D eigenvalue weighted by atomic mass is 9.98. The number of esters is 1. The van der Waals surface area contributed by atoms with Gasteiger partial charge < -0.3 is 68.9 Å². The molecule has 610 valence electrons. The smallest absolute Gasteiger partial charge is 0.412 e. The molecule has 3 saturated heterocycles. The van der Waals surface area contributed by atoms with Gasteiger partial charge in [-0.2, -0.15) is 0 Å². The van der Waals surface area contributed by atoms with Crippen molar-refractivity contribution in [3.05, 3.63) is 239 Å². The average Bonchev–Trinajstić information content (AvgIpc) is 1.63. The molecule has 6 N–H and O–H groups in total. The second-order valence-corrected chi connectivity index (χ2v) is 29.7. The number of likely N-dealkylation sites (tertiary alicyclic amines) is 3. The van der Waals surface area contributed by atoms with Crippen LogP contribution in [0.3, 0.4) is 0 Å². The molecule has 3 amide bonds. The number of amides is 3. The van der Waals surface area contributed by atoms with Crippen LogP contribution < -0.4 is 0 Å². The molecule has 22 heteroatoms. The van der Waals surface area contributed by atoms with E-state index in [0.29, 0.717) is 45.5 Å². The molecule has 2 radical (unpaired) electrons.